The van der Waals surface area contributed by atoms with Crippen LogP contribution in [0.15, 0.2) is 18.3 Å². The third kappa shape index (κ3) is 3.34. The highest BCUT2D eigenvalue weighted by atomic mass is 16.5. The first-order valence-corrected chi connectivity index (χ1v) is 7.42. The lowest BCUT2D eigenvalue weighted by Crippen LogP contribution is -2.39. The van der Waals surface area contributed by atoms with E-state index in [4.69, 9.17) is 4.74 Å². The van der Waals surface area contributed by atoms with Gasteiger partial charge in [-0.3, -0.25) is 4.98 Å². The Balaban J connectivity index is 2.23. The average molecular weight is 263 g/mol. The van der Waals surface area contributed by atoms with Crippen LogP contribution in [0.2, 0.25) is 0 Å². The molecule has 1 heterocycles. The normalized spacial score (nSPS) is 20.8. The number of pyridine rings is 1. The molecule has 1 atom stereocenters. The van der Waals surface area contributed by atoms with Gasteiger partial charge in [-0.05, 0) is 32.8 Å². The number of aliphatic hydroxyl groups is 1. The average Bonchev–Trinajstić information content (AvgIpc) is 2.66. The molecule has 1 aliphatic carbocycles. The lowest BCUT2D eigenvalue weighted by atomic mass is 9.84. The Labute approximate surface area is 116 Å². The van der Waals surface area contributed by atoms with Gasteiger partial charge in [0, 0.05) is 24.1 Å². The van der Waals surface area contributed by atoms with E-state index in [0.717, 1.165) is 36.9 Å². The fourth-order valence-corrected chi connectivity index (χ4v) is 3.06. The van der Waals surface area contributed by atoms with E-state index >= 15 is 0 Å². The number of aliphatic hydroxyl groups excluding tert-OH is 1. The lowest BCUT2D eigenvalue weighted by Gasteiger charge is -2.37. The Bertz CT molecular complexity index is 380. The summed E-state index contributed by atoms with van der Waals surface area (Å²) in [5.74, 6) is 0. The van der Waals surface area contributed by atoms with Crippen LogP contribution >= 0.6 is 0 Å². The second-order valence-corrected chi connectivity index (χ2v) is 5.55. The molecule has 0 saturated heterocycles. The number of nitrogens with zero attached hydrogens (tertiary/aromatic N) is 1. The van der Waals surface area contributed by atoms with Crippen LogP contribution < -0.4 is 0 Å². The van der Waals surface area contributed by atoms with Crippen molar-refractivity contribution in [3.63, 3.8) is 0 Å². The molecule has 1 aromatic rings. The molecule has 3 heteroatoms. The van der Waals surface area contributed by atoms with E-state index in [-0.39, 0.29) is 0 Å². The molecular formula is C16H25NO2. The van der Waals surface area contributed by atoms with Gasteiger partial charge in [0.25, 0.3) is 0 Å². The first-order chi connectivity index (χ1) is 9.18. The fraction of sp³-hybridized carbons (Fsp3) is 0.688. The molecule has 1 aliphatic rings. The molecule has 106 valence electrons. The maximum Gasteiger partial charge on any atom is 0.109 e. The van der Waals surface area contributed by atoms with Gasteiger partial charge in [0.15, 0.2) is 0 Å². The number of aryl methyl sites for hydroxylation is 1. The van der Waals surface area contributed by atoms with Gasteiger partial charge in [-0.2, -0.15) is 0 Å². The second-order valence-electron chi connectivity index (χ2n) is 5.55. The van der Waals surface area contributed by atoms with Crippen molar-refractivity contribution in [2.45, 2.75) is 64.1 Å². The molecule has 0 bridgehead atoms. The van der Waals surface area contributed by atoms with Crippen molar-refractivity contribution in [3.05, 3.63) is 29.6 Å². The van der Waals surface area contributed by atoms with E-state index in [2.05, 4.69) is 4.98 Å². The Morgan fingerprint density at radius 3 is 2.47 bits per heavy atom. The monoisotopic (exact) mass is 263 g/mol. The molecule has 0 spiro atoms. The summed E-state index contributed by atoms with van der Waals surface area (Å²) in [6.07, 6.45) is 7.85. The fourth-order valence-electron chi connectivity index (χ4n) is 3.06. The van der Waals surface area contributed by atoms with Crippen molar-refractivity contribution in [1.29, 1.82) is 0 Å². The lowest BCUT2D eigenvalue weighted by molar-refractivity contribution is -0.131. The van der Waals surface area contributed by atoms with Gasteiger partial charge in [-0.1, -0.05) is 31.7 Å². The Kier molecular flexibility index (Phi) is 4.94. The van der Waals surface area contributed by atoms with Gasteiger partial charge in [0.2, 0.25) is 0 Å². The van der Waals surface area contributed by atoms with Crippen molar-refractivity contribution >= 4 is 0 Å². The predicted molar refractivity (Wildman–Crippen MR) is 76.0 cm³/mol. The van der Waals surface area contributed by atoms with Gasteiger partial charge < -0.3 is 9.84 Å². The molecular weight excluding hydrogens is 238 g/mol. The second kappa shape index (κ2) is 6.49. The summed E-state index contributed by atoms with van der Waals surface area (Å²) in [6, 6.07) is 3.92. The van der Waals surface area contributed by atoms with Gasteiger partial charge in [0.1, 0.15) is 6.10 Å². The number of hydrogen-bond donors (Lipinski definition) is 1. The van der Waals surface area contributed by atoms with Gasteiger partial charge in [-0.25, -0.2) is 0 Å². The predicted octanol–water partition coefficient (Wildman–Crippen LogP) is 3.55. The van der Waals surface area contributed by atoms with Gasteiger partial charge >= 0.3 is 0 Å². The number of rotatable bonds is 4. The standard InChI is InChI=1S/C16H25NO2/c1-3-19-16(10-6-4-5-7-11-16)15(18)14-9-8-13(2)17-12-14/h8-9,12,15,18H,3-7,10-11H2,1-2H3. The summed E-state index contributed by atoms with van der Waals surface area (Å²) in [4.78, 5) is 4.29. The maximum atomic E-state index is 10.8. The highest BCUT2D eigenvalue weighted by molar-refractivity contribution is 5.19. The van der Waals surface area contributed by atoms with Crippen LogP contribution in [0.1, 0.15) is 62.8 Å². The number of hydrogen-bond acceptors (Lipinski definition) is 3. The number of ether oxygens (including phenoxy) is 1. The van der Waals surface area contributed by atoms with E-state index < -0.39 is 11.7 Å². The van der Waals surface area contributed by atoms with Crippen molar-refractivity contribution in [2.24, 2.45) is 0 Å². The van der Waals surface area contributed by atoms with Crippen LogP contribution in [-0.4, -0.2) is 22.3 Å². The van der Waals surface area contributed by atoms with E-state index in [1.54, 1.807) is 6.20 Å². The minimum absolute atomic E-state index is 0.414. The summed E-state index contributed by atoms with van der Waals surface area (Å²) in [6.45, 7) is 4.61. The highest BCUT2D eigenvalue weighted by Gasteiger charge is 2.39. The summed E-state index contributed by atoms with van der Waals surface area (Å²) < 4.78 is 6.02. The first-order valence-electron chi connectivity index (χ1n) is 7.42. The highest BCUT2D eigenvalue weighted by Crippen LogP contribution is 2.40. The summed E-state index contributed by atoms with van der Waals surface area (Å²) in [7, 11) is 0. The van der Waals surface area contributed by atoms with E-state index in [0.29, 0.717) is 6.61 Å². The molecule has 2 rings (SSSR count). The molecule has 1 unspecified atom stereocenters. The SMILES string of the molecule is CCOC1(C(O)c2ccc(C)nc2)CCCCCC1. The van der Waals surface area contributed by atoms with Crippen LogP contribution in [0.3, 0.4) is 0 Å². The van der Waals surface area contributed by atoms with Gasteiger partial charge in [-0.15, -0.1) is 0 Å². The van der Waals surface area contributed by atoms with Crippen LogP contribution in [0.4, 0.5) is 0 Å². The van der Waals surface area contributed by atoms with E-state index in [9.17, 15) is 5.11 Å². The molecule has 0 radical (unpaired) electrons. The van der Waals surface area contributed by atoms with Gasteiger partial charge in [0.05, 0.1) is 5.60 Å². The minimum Gasteiger partial charge on any atom is -0.385 e. The first kappa shape index (κ1) is 14.5. The van der Waals surface area contributed by atoms with E-state index in [1.165, 1.54) is 12.8 Å². The smallest absolute Gasteiger partial charge is 0.109 e. The van der Waals surface area contributed by atoms with Crippen LogP contribution in [0.5, 0.6) is 0 Å². The van der Waals surface area contributed by atoms with Crippen LogP contribution in [0, 0.1) is 6.92 Å². The molecule has 0 aliphatic heterocycles. The number of aromatic nitrogens is 1. The Morgan fingerprint density at radius 2 is 1.95 bits per heavy atom. The Morgan fingerprint density at radius 1 is 1.26 bits per heavy atom. The molecule has 0 amide bonds. The summed E-state index contributed by atoms with van der Waals surface area (Å²) >= 11 is 0. The third-order valence-corrected chi connectivity index (χ3v) is 4.13. The molecule has 1 saturated carbocycles. The molecule has 3 nitrogen and oxygen atoms in total. The molecule has 1 N–H and O–H groups in total. The molecule has 1 fully saturated rings. The largest absolute Gasteiger partial charge is 0.385 e. The van der Waals surface area contributed by atoms with E-state index in [1.807, 2.05) is 26.0 Å². The van der Waals surface area contributed by atoms with Crippen molar-refractivity contribution < 1.29 is 9.84 Å². The molecule has 0 aromatic carbocycles. The van der Waals surface area contributed by atoms with Crippen LogP contribution in [-0.2, 0) is 4.74 Å². The third-order valence-electron chi connectivity index (χ3n) is 4.13. The molecule has 1 aromatic heterocycles. The topological polar surface area (TPSA) is 42.4 Å². The Hall–Kier alpha value is -0.930. The zero-order valence-electron chi connectivity index (χ0n) is 12.1. The van der Waals surface area contributed by atoms with Crippen molar-refractivity contribution in [2.75, 3.05) is 6.61 Å². The van der Waals surface area contributed by atoms with Crippen molar-refractivity contribution in [1.82, 2.24) is 4.98 Å². The van der Waals surface area contributed by atoms with Crippen molar-refractivity contribution in [3.8, 4) is 0 Å². The maximum absolute atomic E-state index is 10.8. The quantitative estimate of drug-likeness (QED) is 0.845. The van der Waals surface area contributed by atoms with Crippen LogP contribution in [0.25, 0.3) is 0 Å². The summed E-state index contributed by atoms with van der Waals surface area (Å²) in [5, 5.41) is 10.8. The zero-order valence-corrected chi connectivity index (χ0v) is 12.1. The molecule has 19 heavy (non-hydrogen) atoms. The summed E-state index contributed by atoms with van der Waals surface area (Å²) in [5.41, 5.74) is 1.44. The zero-order chi connectivity index (χ0) is 13.7. The minimum atomic E-state index is -0.571.